The molecule has 5 atom stereocenters. The summed E-state index contributed by atoms with van der Waals surface area (Å²) in [6.07, 6.45) is 6.31. The lowest BCUT2D eigenvalue weighted by Crippen LogP contribution is -2.58. The van der Waals surface area contributed by atoms with Gasteiger partial charge in [0.2, 0.25) is 17.7 Å². The van der Waals surface area contributed by atoms with Crippen LogP contribution in [0.15, 0.2) is 30.5 Å². The third kappa shape index (κ3) is 9.83. The van der Waals surface area contributed by atoms with Crippen molar-refractivity contribution in [2.24, 2.45) is 17.4 Å². The predicted molar refractivity (Wildman–Crippen MR) is 159 cm³/mol. The smallest absolute Gasteiger partial charge is 0.326 e. The van der Waals surface area contributed by atoms with E-state index < -0.39 is 47.9 Å². The number of carbonyl (C=O) groups excluding carboxylic acids is 3. The number of hydrogen-bond acceptors (Lipinski definition) is 7. The summed E-state index contributed by atoms with van der Waals surface area (Å²) in [6, 6.07) is 3.87. The van der Waals surface area contributed by atoms with Gasteiger partial charge >= 0.3 is 5.97 Å². The van der Waals surface area contributed by atoms with Crippen LogP contribution in [0.2, 0.25) is 0 Å². The molecular formula is C28H44N6O5S. The molecule has 0 aliphatic rings. The fourth-order valence-corrected chi connectivity index (χ4v) is 4.85. The average Bonchev–Trinajstić information content (AvgIpc) is 3.35. The summed E-state index contributed by atoms with van der Waals surface area (Å²) in [5.41, 5.74) is 13.6. The largest absolute Gasteiger partial charge is 0.480 e. The molecule has 2 rings (SSSR count). The SMILES string of the molecule is CCC(C)C(NC(=O)C(N)Cc1c[nH]c2ccccc12)C(=O)NC(CCSC)C(=O)NC(CCCCN)C(=O)O. The maximum atomic E-state index is 13.4. The lowest BCUT2D eigenvalue weighted by molar-refractivity contribution is -0.142. The second kappa shape index (κ2) is 16.9. The summed E-state index contributed by atoms with van der Waals surface area (Å²) in [4.78, 5) is 54.4. The Morgan fingerprint density at radius 1 is 1.00 bits per heavy atom. The van der Waals surface area contributed by atoms with Gasteiger partial charge in [0, 0.05) is 17.1 Å². The van der Waals surface area contributed by atoms with E-state index in [4.69, 9.17) is 11.5 Å². The Morgan fingerprint density at radius 2 is 1.70 bits per heavy atom. The first-order valence-corrected chi connectivity index (χ1v) is 15.2. The number of aliphatic carboxylic acids is 1. The van der Waals surface area contributed by atoms with Crippen LogP contribution in [0.4, 0.5) is 0 Å². The summed E-state index contributed by atoms with van der Waals surface area (Å²) in [6.45, 7) is 4.17. The first-order chi connectivity index (χ1) is 19.1. The van der Waals surface area contributed by atoms with E-state index in [0.29, 0.717) is 38.0 Å². The Morgan fingerprint density at radius 3 is 2.35 bits per heavy atom. The van der Waals surface area contributed by atoms with Crippen LogP contribution in [-0.4, -0.2) is 76.5 Å². The number of aromatic nitrogens is 1. The highest BCUT2D eigenvalue weighted by Gasteiger charge is 2.32. The van der Waals surface area contributed by atoms with Crippen molar-refractivity contribution in [2.45, 2.75) is 76.5 Å². The van der Waals surface area contributed by atoms with Crippen LogP contribution in [0.1, 0.15) is 51.5 Å². The van der Waals surface area contributed by atoms with Gasteiger partial charge in [-0.05, 0) is 68.2 Å². The third-order valence-corrected chi connectivity index (χ3v) is 7.69. The zero-order chi connectivity index (χ0) is 29.7. The molecule has 5 unspecified atom stereocenters. The van der Waals surface area contributed by atoms with Gasteiger partial charge in [-0.25, -0.2) is 4.79 Å². The topological polar surface area (TPSA) is 192 Å². The van der Waals surface area contributed by atoms with E-state index in [2.05, 4.69) is 20.9 Å². The lowest BCUT2D eigenvalue weighted by Gasteiger charge is -2.28. The normalized spacial score (nSPS) is 15.0. The van der Waals surface area contributed by atoms with Gasteiger partial charge in [0.05, 0.1) is 6.04 Å². The number of carboxylic acid groups (broad SMARTS) is 1. The molecule has 9 N–H and O–H groups in total. The van der Waals surface area contributed by atoms with Gasteiger partial charge in [-0.15, -0.1) is 0 Å². The van der Waals surface area contributed by atoms with Crippen LogP contribution in [0.5, 0.6) is 0 Å². The van der Waals surface area contributed by atoms with Gasteiger partial charge in [0.15, 0.2) is 0 Å². The van der Waals surface area contributed by atoms with Crippen molar-refractivity contribution >= 4 is 46.4 Å². The van der Waals surface area contributed by atoms with Gasteiger partial charge in [-0.2, -0.15) is 11.8 Å². The number of thioether (sulfide) groups is 1. The fraction of sp³-hybridized carbons (Fsp3) is 0.571. The number of fused-ring (bicyclic) bond motifs is 1. The van der Waals surface area contributed by atoms with Crippen LogP contribution in [0, 0.1) is 5.92 Å². The molecule has 2 aromatic rings. The number of nitrogens with two attached hydrogens (primary N) is 2. The molecule has 0 fully saturated rings. The number of benzene rings is 1. The van der Waals surface area contributed by atoms with Gasteiger partial charge in [-0.1, -0.05) is 38.5 Å². The van der Waals surface area contributed by atoms with E-state index >= 15 is 0 Å². The fourth-order valence-electron chi connectivity index (χ4n) is 4.38. The summed E-state index contributed by atoms with van der Waals surface area (Å²) in [7, 11) is 0. The monoisotopic (exact) mass is 576 g/mol. The van der Waals surface area contributed by atoms with Crippen molar-refractivity contribution in [1.29, 1.82) is 0 Å². The number of amides is 3. The van der Waals surface area contributed by atoms with E-state index in [1.807, 2.05) is 50.6 Å². The van der Waals surface area contributed by atoms with Crippen LogP contribution in [0.3, 0.4) is 0 Å². The molecule has 0 radical (unpaired) electrons. The molecule has 3 amide bonds. The maximum Gasteiger partial charge on any atom is 0.326 e. The first-order valence-electron chi connectivity index (χ1n) is 13.8. The van der Waals surface area contributed by atoms with Crippen molar-refractivity contribution < 1.29 is 24.3 Å². The molecule has 0 aliphatic heterocycles. The first kappa shape index (κ1) is 33.1. The second-order valence-electron chi connectivity index (χ2n) is 10.1. The van der Waals surface area contributed by atoms with Crippen molar-refractivity contribution in [3.63, 3.8) is 0 Å². The number of para-hydroxylation sites is 1. The third-order valence-electron chi connectivity index (χ3n) is 7.05. The number of carbonyl (C=O) groups is 4. The van der Waals surface area contributed by atoms with Crippen molar-refractivity contribution in [3.8, 4) is 0 Å². The van der Waals surface area contributed by atoms with Gasteiger partial charge in [0.1, 0.15) is 18.1 Å². The zero-order valence-corrected chi connectivity index (χ0v) is 24.4. The Hall–Kier alpha value is -3.09. The summed E-state index contributed by atoms with van der Waals surface area (Å²) in [5, 5.41) is 18.6. The molecular weight excluding hydrogens is 532 g/mol. The lowest BCUT2D eigenvalue weighted by atomic mass is 9.96. The van der Waals surface area contributed by atoms with Crippen molar-refractivity contribution in [1.82, 2.24) is 20.9 Å². The average molecular weight is 577 g/mol. The Kier molecular flexibility index (Phi) is 14.0. The highest BCUT2D eigenvalue weighted by atomic mass is 32.2. The van der Waals surface area contributed by atoms with Crippen LogP contribution in [-0.2, 0) is 25.6 Å². The minimum atomic E-state index is -1.14. The molecule has 1 aromatic carbocycles. The number of carboxylic acids is 1. The molecule has 1 heterocycles. The van der Waals surface area contributed by atoms with E-state index in [9.17, 15) is 24.3 Å². The molecule has 0 bridgehead atoms. The molecule has 1 aromatic heterocycles. The molecule has 40 heavy (non-hydrogen) atoms. The molecule has 0 saturated carbocycles. The minimum Gasteiger partial charge on any atom is -0.480 e. The Labute approximate surface area is 240 Å². The van der Waals surface area contributed by atoms with Crippen molar-refractivity contribution in [3.05, 3.63) is 36.0 Å². The molecule has 0 saturated heterocycles. The number of rotatable bonds is 18. The number of H-pyrrole nitrogens is 1. The van der Waals surface area contributed by atoms with Crippen LogP contribution < -0.4 is 27.4 Å². The summed E-state index contributed by atoms with van der Waals surface area (Å²) in [5.74, 6) is -2.38. The van der Waals surface area contributed by atoms with Crippen molar-refractivity contribution in [2.75, 3.05) is 18.6 Å². The standard InChI is InChI=1S/C28H44N6O5S/c1-4-17(2)24(34-25(35)20(30)15-18-16-31-21-10-6-5-9-19(18)21)27(37)32-22(12-14-40-3)26(36)33-23(28(38)39)11-7-8-13-29/h5-6,9-10,16-17,20,22-24,31H,4,7-8,11-15,29-30H2,1-3H3,(H,32,37)(H,33,36)(H,34,35)(H,38,39). The molecule has 11 nitrogen and oxygen atoms in total. The van der Waals surface area contributed by atoms with Crippen LogP contribution in [0.25, 0.3) is 10.9 Å². The number of unbranched alkanes of at least 4 members (excludes halogenated alkanes) is 1. The molecule has 12 heteroatoms. The predicted octanol–water partition coefficient (Wildman–Crippen LogP) is 1.50. The number of nitrogens with one attached hydrogen (secondary N) is 4. The van der Waals surface area contributed by atoms with Crippen LogP contribution >= 0.6 is 11.8 Å². The molecule has 222 valence electrons. The quantitative estimate of drug-likeness (QED) is 0.130. The second-order valence-corrected chi connectivity index (χ2v) is 11.1. The Balaban J connectivity index is 2.11. The summed E-state index contributed by atoms with van der Waals surface area (Å²) >= 11 is 1.50. The highest BCUT2D eigenvalue weighted by Crippen LogP contribution is 2.19. The maximum absolute atomic E-state index is 13.4. The van der Waals surface area contributed by atoms with E-state index in [-0.39, 0.29) is 18.8 Å². The number of hydrogen-bond donors (Lipinski definition) is 7. The van der Waals surface area contributed by atoms with E-state index in [0.717, 1.165) is 16.5 Å². The summed E-state index contributed by atoms with van der Waals surface area (Å²) < 4.78 is 0. The minimum absolute atomic E-state index is 0.237. The van der Waals surface area contributed by atoms with Gasteiger partial charge < -0.3 is 37.5 Å². The Bertz CT molecular complexity index is 1130. The van der Waals surface area contributed by atoms with Gasteiger partial charge in [-0.3, -0.25) is 14.4 Å². The van der Waals surface area contributed by atoms with E-state index in [1.54, 1.807) is 0 Å². The molecule has 0 spiro atoms. The number of aromatic amines is 1. The van der Waals surface area contributed by atoms with Gasteiger partial charge in [0.25, 0.3) is 0 Å². The zero-order valence-electron chi connectivity index (χ0n) is 23.6. The highest BCUT2D eigenvalue weighted by molar-refractivity contribution is 7.98. The van der Waals surface area contributed by atoms with E-state index in [1.165, 1.54) is 11.8 Å². The molecule has 0 aliphatic carbocycles.